The fourth-order valence-corrected chi connectivity index (χ4v) is 6.56. The Morgan fingerprint density at radius 1 is 0.865 bits per heavy atom. The molecule has 8 heteroatoms. The van der Waals surface area contributed by atoms with Gasteiger partial charge in [-0.25, -0.2) is 4.98 Å². The highest BCUT2D eigenvalue weighted by Gasteiger charge is 2.20. The minimum atomic E-state index is 0.304. The molecule has 0 radical (unpaired) electrons. The maximum atomic E-state index is 9.15. The number of H-pyrrole nitrogens is 1. The van der Waals surface area contributed by atoms with Crippen LogP contribution in [0.4, 0.5) is 0 Å². The van der Waals surface area contributed by atoms with Gasteiger partial charge < -0.3 is 9.72 Å². The fraction of sp³-hybridized carbons (Fsp3) is 0. The van der Waals surface area contributed by atoms with Crippen LogP contribution in [0.2, 0.25) is 0 Å². The maximum absolute atomic E-state index is 9.15. The van der Waals surface area contributed by atoms with Crippen LogP contribution in [-0.2, 0) is 0 Å². The van der Waals surface area contributed by atoms with Gasteiger partial charge in [0.1, 0.15) is 22.6 Å². The van der Waals surface area contributed by atoms with Crippen LogP contribution < -0.4 is 10.2 Å². The number of ether oxygens (including phenoxy) is 1. The minimum Gasteiger partial charge on any atom is -0.455 e. The van der Waals surface area contributed by atoms with Crippen LogP contribution in [0.25, 0.3) is 38.4 Å². The van der Waals surface area contributed by atoms with Crippen molar-refractivity contribution < 1.29 is 4.74 Å². The summed E-state index contributed by atoms with van der Waals surface area (Å²) in [6, 6.07) is 30.1. The van der Waals surface area contributed by atoms with Crippen LogP contribution in [0, 0.1) is 10.2 Å². The van der Waals surface area contributed by atoms with E-state index in [9.17, 15) is 0 Å². The molecule has 1 aliphatic rings. The largest absolute Gasteiger partial charge is 0.455 e. The second kappa shape index (κ2) is 8.85. The van der Waals surface area contributed by atoms with Crippen molar-refractivity contribution in [3.63, 3.8) is 0 Å². The summed E-state index contributed by atoms with van der Waals surface area (Å²) in [5.41, 5.74) is 4.46. The molecule has 6 aromatic rings. The Morgan fingerprint density at radius 3 is 2.51 bits per heavy atom. The first-order valence-electron chi connectivity index (χ1n) is 11.6. The Bertz CT molecular complexity index is 1930. The van der Waals surface area contributed by atoms with E-state index in [1.54, 1.807) is 27.7 Å². The average molecular weight is 535 g/mol. The molecule has 0 unspecified atom stereocenters. The van der Waals surface area contributed by atoms with E-state index >= 15 is 0 Å². The smallest absolute Gasteiger partial charge is 0.185 e. The zero-order chi connectivity index (χ0) is 24.9. The van der Waals surface area contributed by atoms with E-state index in [1.807, 2.05) is 72.1 Å². The summed E-state index contributed by atoms with van der Waals surface area (Å²) in [6.45, 7) is 0. The standard InChI is InChI=1S/C29H18N4OS3/c30-27-26-19(23-11-6-14-36-23)16-20(31-28(26)32-29(35)33(27)18-7-2-1-3-8-18)17-12-13-22-25(15-17)37-24-10-5-4-9-21(24)34-22/h1-16,30H,(H,31,32,35). The number of aromatic nitrogens is 3. The molecular weight excluding hydrogens is 517 g/mol. The lowest BCUT2D eigenvalue weighted by Crippen LogP contribution is -2.22. The quantitative estimate of drug-likeness (QED) is 0.224. The van der Waals surface area contributed by atoms with E-state index in [2.05, 4.69) is 29.2 Å². The van der Waals surface area contributed by atoms with Crippen molar-refractivity contribution in [2.24, 2.45) is 0 Å². The zero-order valence-corrected chi connectivity index (χ0v) is 21.7. The van der Waals surface area contributed by atoms with Crippen molar-refractivity contribution in [2.45, 2.75) is 9.79 Å². The van der Waals surface area contributed by atoms with Gasteiger partial charge in [-0.1, -0.05) is 48.2 Å². The number of thiophene rings is 1. The predicted octanol–water partition coefficient (Wildman–Crippen LogP) is 8.21. The van der Waals surface area contributed by atoms with Gasteiger partial charge in [-0.3, -0.25) is 9.98 Å². The zero-order valence-electron chi connectivity index (χ0n) is 19.3. The van der Waals surface area contributed by atoms with Gasteiger partial charge in [0, 0.05) is 21.7 Å². The second-order valence-corrected chi connectivity index (χ2v) is 10.9. The van der Waals surface area contributed by atoms with Crippen LogP contribution in [0.15, 0.2) is 106 Å². The average Bonchev–Trinajstić information content (AvgIpc) is 3.46. The minimum absolute atomic E-state index is 0.304. The lowest BCUT2D eigenvalue weighted by atomic mass is 10.0. The third kappa shape index (κ3) is 3.81. The number of rotatable bonds is 3. The van der Waals surface area contributed by atoms with Gasteiger partial charge in [0.05, 0.1) is 20.9 Å². The van der Waals surface area contributed by atoms with Gasteiger partial charge in [0.15, 0.2) is 4.77 Å². The molecule has 0 spiro atoms. The second-order valence-electron chi connectivity index (χ2n) is 8.52. The van der Waals surface area contributed by atoms with Gasteiger partial charge in [-0.2, -0.15) is 0 Å². The number of benzene rings is 3. The first-order chi connectivity index (χ1) is 18.2. The van der Waals surface area contributed by atoms with Crippen molar-refractivity contribution in [1.29, 1.82) is 5.41 Å². The number of pyridine rings is 1. The van der Waals surface area contributed by atoms with E-state index in [4.69, 9.17) is 27.3 Å². The van der Waals surface area contributed by atoms with Crippen LogP contribution in [0.5, 0.6) is 11.5 Å². The Balaban J connectivity index is 1.44. The summed E-state index contributed by atoms with van der Waals surface area (Å²) in [5.74, 6) is 1.71. The van der Waals surface area contributed by atoms with E-state index in [-0.39, 0.29) is 0 Å². The molecular formula is C29H18N4OS3. The monoisotopic (exact) mass is 534 g/mol. The molecule has 4 heterocycles. The Hall–Kier alpha value is -3.98. The molecule has 0 bridgehead atoms. The number of para-hydroxylation sites is 2. The molecule has 1 aliphatic heterocycles. The SMILES string of the molecule is N=c1c2c(-c3cccs3)cc(-c3ccc4c(c3)Sc3ccccc3O4)nc2[nH]c(=S)n1-c1ccccc1. The molecule has 3 aromatic heterocycles. The number of aromatic amines is 1. The predicted molar refractivity (Wildman–Crippen MR) is 151 cm³/mol. The van der Waals surface area contributed by atoms with Crippen molar-refractivity contribution in [1.82, 2.24) is 14.5 Å². The Morgan fingerprint density at radius 2 is 1.68 bits per heavy atom. The normalized spacial score (nSPS) is 12.1. The number of fused-ring (bicyclic) bond motifs is 3. The van der Waals surface area contributed by atoms with E-state index in [1.165, 1.54) is 0 Å². The highest BCUT2D eigenvalue weighted by atomic mass is 32.2. The van der Waals surface area contributed by atoms with Crippen molar-refractivity contribution >= 4 is 46.3 Å². The summed E-state index contributed by atoms with van der Waals surface area (Å²) in [4.78, 5) is 11.5. The highest BCUT2D eigenvalue weighted by molar-refractivity contribution is 7.99. The molecule has 0 fully saturated rings. The molecule has 178 valence electrons. The summed E-state index contributed by atoms with van der Waals surface area (Å²) >= 11 is 9.03. The Labute approximate surface area is 225 Å². The molecule has 0 amide bonds. The van der Waals surface area contributed by atoms with Crippen LogP contribution >= 0.6 is 35.3 Å². The lowest BCUT2D eigenvalue weighted by Gasteiger charge is -2.20. The van der Waals surface area contributed by atoms with Crippen molar-refractivity contribution in [2.75, 3.05) is 0 Å². The summed E-state index contributed by atoms with van der Waals surface area (Å²) < 4.78 is 8.30. The third-order valence-corrected chi connectivity index (χ3v) is 8.52. The topological polar surface area (TPSA) is 66.7 Å². The molecule has 3 aromatic carbocycles. The maximum Gasteiger partial charge on any atom is 0.185 e. The summed E-state index contributed by atoms with van der Waals surface area (Å²) in [6.07, 6.45) is 0. The summed E-state index contributed by atoms with van der Waals surface area (Å²) in [7, 11) is 0. The number of nitrogens with one attached hydrogen (secondary N) is 2. The number of hydrogen-bond acceptors (Lipinski definition) is 6. The van der Waals surface area contributed by atoms with Gasteiger partial charge in [-0.05, 0) is 72.2 Å². The van der Waals surface area contributed by atoms with Gasteiger partial charge in [0.25, 0.3) is 0 Å². The van der Waals surface area contributed by atoms with Crippen LogP contribution in [0.3, 0.4) is 0 Å². The first-order valence-corrected chi connectivity index (χ1v) is 13.7. The molecule has 5 nitrogen and oxygen atoms in total. The van der Waals surface area contributed by atoms with E-state index in [0.29, 0.717) is 15.9 Å². The van der Waals surface area contributed by atoms with E-state index in [0.717, 1.165) is 54.1 Å². The van der Waals surface area contributed by atoms with Crippen LogP contribution in [-0.4, -0.2) is 14.5 Å². The van der Waals surface area contributed by atoms with Crippen LogP contribution in [0.1, 0.15) is 0 Å². The molecule has 2 N–H and O–H groups in total. The first kappa shape index (κ1) is 22.2. The van der Waals surface area contributed by atoms with Crippen molar-refractivity contribution in [3.8, 4) is 38.9 Å². The Kier molecular flexibility index (Phi) is 5.32. The number of hydrogen-bond donors (Lipinski definition) is 2. The molecule has 0 aliphatic carbocycles. The highest BCUT2D eigenvalue weighted by Crippen LogP contribution is 2.48. The third-order valence-electron chi connectivity index (χ3n) is 6.24. The van der Waals surface area contributed by atoms with E-state index < -0.39 is 0 Å². The molecule has 0 atom stereocenters. The van der Waals surface area contributed by atoms with Gasteiger partial charge >= 0.3 is 0 Å². The molecule has 0 saturated heterocycles. The molecule has 0 saturated carbocycles. The molecule has 37 heavy (non-hydrogen) atoms. The van der Waals surface area contributed by atoms with Gasteiger partial charge in [0.2, 0.25) is 0 Å². The van der Waals surface area contributed by atoms with Gasteiger partial charge in [-0.15, -0.1) is 11.3 Å². The van der Waals surface area contributed by atoms with Crippen molar-refractivity contribution in [3.05, 3.63) is 107 Å². The molecule has 7 rings (SSSR count). The lowest BCUT2D eigenvalue weighted by molar-refractivity contribution is 0.454. The fourth-order valence-electron chi connectivity index (χ4n) is 4.53. The summed E-state index contributed by atoms with van der Waals surface area (Å²) in [5, 5.41) is 11.9. The number of nitrogens with zero attached hydrogens (tertiary/aromatic N) is 2.